The molecular weight excluding hydrogens is 313 g/mol. The minimum absolute atomic E-state index is 0.126. The fraction of sp³-hybridized carbons (Fsp3) is 0.167. The third-order valence-electron chi connectivity index (χ3n) is 3.89. The molecule has 122 valence electrons. The zero-order valence-corrected chi connectivity index (χ0v) is 12.7. The predicted octanol–water partition coefficient (Wildman–Crippen LogP) is 3.16. The van der Waals surface area contributed by atoms with Crippen LogP contribution in [0, 0.1) is 5.82 Å². The molecule has 0 spiro atoms. The van der Waals surface area contributed by atoms with E-state index >= 15 is 0 Å². The number of carbonyl (C=O) groups is 1. The van der Waals surface area contributed by atoms with Gasteiger partial charge >= 0.3 is 0 Å². The second-order valence-corrected chi connectivity index (χ2v) is 5.54. The van der Waals surface area contributed by atoms with E-state index in [0.29, 0.717) is 34.6 Å². The number of fused-ring (bicyclic) bond motifs is 2. The molecule has 0 bridgehead atoms. The topological polar surface area (TPSA) is 60.7 Å². The van der Waals surface area contributed by atoms with Gasteiger partial charge in [-0.05, 0) is 35.9 Å². The smallest absolute Gasteiger partial charge is 0.231 e. The number of nitrogens with one attached hydrogen (secondary N) is 1. The second-order valence-electron chi connectivity index (χ2n) is 5.54. The number of amides is 1. The molecule has 1 aliphatic heterocycles. The fourth-order valence-electron chi connectivity index (χ4n) is 2.68. The minimum Gasteiger partial charge on any atom is -0.464 e. The van der Waals surface area contributed by atoms with Gasteiger partial charge in [-0.1, -0.05) is 6.07 Å². The van der Waals surface area contributed by atoms with Crippen LogP contribution in [-0.2, 0) is 17.8 Å². The van der Waals surface area contributed by atoms with Gasteiger partial charge in [0, 0.05) is 17.5 Å². The quantitative estimate of drug-likeness (QED) is 0.799. The predicted molar refractivity (Wildman–Crippen MR) is 84.3 cm³/mol. The molecule has 24 heavy (non-hydrogen) atoms. The number of hydrogen-bond acceptors (Lipinski definition) is 4. The maximum Gasteiger partial charge on any atom is 0.231 e. The van der Waals surface area contributed by atoms with E-state index in [1.165, 1.54) is 18.4 Å². The highest BCUT2D eigenvalue weighted by molar-refractivity contribution is 5.87. The third kappa shape index (κ3) is 2.78. The Morgan fingerprint density at radius 1 is 1.12 bits per heavy atom. The lowest BCUT2D eigenvalue weighted by molar-refractivity contribution is -0.120. The molecule has 1 aliphatic rings. The number of halogens is 1. The molecule has 0 saturated heterocycles. The number of hydrogen-bond donors (Lipinski definition) is 1. The Morgan fingerprint density at radius 3 is 2.92 bits per heavy atom. The summed E-state index contributed by atoms with van der Waals surface area (Å²) in [5.74, 6) is 0.862. The van der Waals surface area contributed by atoms with Gasteiger partial charge in [0.25, 0.3) is 0 Å². The molecule has 0 saturated carbocycles. The van der Waals surface area contributed by atoms with Crippen LogP contribution < -0.4 is 14.8 Å². The SMILES string of the molecule is O=C(Cc1coc2ccc(F)cc12)NCc1ccc2c(c1)OCO2. The summed E-state index contributed by atoms with van der Waals surface area (Å²) < 4.78 is 29.2. The van der Waals surface area contributed by atoms with Crippen molar-refractivity contribution in [3.63, 3.8) is 0 Å². The van der Waals surface area contributed by atoms with E-state index in [1.807, 2.05) is 18.2 Å². The van der Waals surface area contributed by atoms with Crippen LogP contribution in [0.15, 0.2) is 47.1 Å². The summed E-state index contributed by atoms with van der Waals surface area (Å²) in [6.07, 6.45) is 1.62. The summed E-state index contributed by atoms with van der Waals surface area (Å²) in [4.78, 5) is 12.1. The molecule has 5 nitrogen and oxygen atoms in total. The lowest BCUT2D eigenvalue weighted by Crippen LogP contribution is -2.24. The van der Waals surface area contributed by atoms with Crippen molar-refractivity contribution in [1.82, 2.24) is 5.32 Å². The van der Waals surface area contributed by atoms with Crippen molar-refractivity contribution in [2.75, 3.05) is 6.79 Å². The zero-order chi connectivity index (χ0) is 16.5. The van der Waals surface area contributed by atoms with Crippen LogP contribution in [0.3, 0.4) is 0 Å². The molecule has 0 unspecified atom stereocenters. The van der Waals surface area contributed by atoms with Crippen LogP contribution >= 0.6 is 0 Å². The van der Waals surface area contributed by atoms with E-state index < -0.39 is 0 Å². The van der Waals surface area contributed by atoms with E-state index in [4.69, 9.17) is 13.9 Å². The van der Waals surface area contributed by atoms with E-state index in [-0.39, 0.29) is 24.9 Å². The Morgan fingerprint density at radius 2 is 2.00 bits per heavy atom. The van der Waals surface area contributed by atoms with E-state index in [1.54, 1.807) is 6.07 Å². The first-order chi connectivity index (χ1) is 11.7. The largest absolute Gasteiger partial charge is 0.464 e. The lowest BCUT2D eigenvalue weighted by Gasteiger charge is -2.06. The van der Waals surface area contributed by atoms with Gasteiger partial charge in [0.15, 0.2) is 11.5 Å². The van der Waals surface area contributed by atoms with Gasteiger partial charge < -0.3 is 19.2 Å². The molecule has 6 heteroatoms. The molecule has 3 aromatic rings. The molecule has 0 fully saturated rings. The highest BCUT2D eigenvalue weighted by Gasteiger charge is 2.14. The third-order valence-corrected chi connectivity index (χ3v) is 3.89. The highest BCUT2D eigenvalue weighted by Crippen LogP contribution is 2.32. The number of carbonyl (C=O) groups excluding carboxylic acids is 1. The first-order valence-electron chi connectivity index (χ1n) is 7.50. The van der Waals surface area contributed by atoms with Gasteiger partial charge in [-0.3, -0.25) is 4.79 Å². The molecule has 1 N–H and O–H groups in total. The average Bonchev–Trinajstić information content (AvgIpc) is 3.19. The zero-order valence-electron chi connectivity index (χ0n) is 12.7. The van der Waals surface area contributed by atoms with Gasteiger partial charge in [0.1, 0.15) is 11.4 Å². The van der Waals surface area contributed by atoms with Gasteiger partial charge in [0.2, 0.25) is 12.7 Å². The van der Waals surface area contributed by atoms with E-state index in [2.05, 4.69) is 5.32 Å². The summed E-state index contributed by atoms with van der Waals surface area (Å²) in [5.41, 5.74) is 2.14. The molecule has 1 aromatic heterocycles. The average molecular weight is 327 g/mol. The molecule has 0 radical (unpaired) electrons. The Balaban J connectivity index is 1.42. The van der Waals surface area contributed by atoms with Crippen molar-refractivity contribution in [1.29, 1.82) is 0 Å². The number of ether oxygens (including phenoxy) is 2. The van der Waals surface area contributed by atoms with Crippen molar-refractivity contribution in [3.8, 4) is 11.5 Å². The summed E-state index contributed by atoms with van der Waals surface area (Å²) >= 11 is 0. The maximum atomic E-state index is 13.3. The number of furan rings is 1. The first kappa shape index (κ1) is 14.6. The Labute approximate surface area is 137 Å². The Kier molecular flexibility index (Phi) is 3.57. The van der Waals surface area contributed by atoms with Crippen molar-refractivity contribution >= 4 is 16.9 Å². The summed E-state index contributed by atoms with van der Waals surface area (Å²) in [6, 6.07) is 9.78. The summed E-state index contributed by atoms with van der Waals surface area (Å²) in [7, 11) is 0. The van der Waals surface area contributed by atoms with Crippen LogP contribution in [0.1, 0.15) is 11.1 Å². The molecule has 1 amide bonds. The molecule has 0 atom stereocenters. The van der Waals surface area contributed by atoms with Crippen LogP contribution in [0.25, 0.3) is 11.0 Å². The Hall–Kier alpha value is -3.02. The monoisotopic (exact) mass is 327 g/mol. The van der Waals surface area contributed by atoms with Crippen LogP contribution in [0.4, 0.5) is 4.39 Å². The van der Waals surface area contributed by atoms with Crippen LogP contribution in [0.5, 0.6) is 11.5 Å². The van der Waals surface area contributed by atoms with Crippen molar-refractivity contribution in [3.05, 3.63) is 59.6 Å². The molecule has 0 aliphatic carbocycles. The van der Waals surface area contributed by atoms with Gasteiger partial charge in [-0.2, -0.15) is 0 Å². The number of rotatable bonds is 4. The first-order valence-corrected chi connectivity index (χ1v) is 7.50. The molecule has 2 aromatic carbocycles. The van der Waals surface area contributed by atoms with Crippen LogP contribution in [0.2, 0.25) is 0 Å². The van der Waals surface area contributed by atoms with E-state index in [0.717, 1.165) is 5.56 Å². The highest BCUT2D eigenvalue weighted by atomic mass is 19.1. The lowest BCUT2D eigenvalue weighted by atomic mass is 10.1. The Bertz CT molecular complexity index is 919. The number of benzene rings is 2. The van der Waals surface area contributed by atoms with Crippen LogP contribution in [-0.4, -0.2) is 12.7 Å². The molecule has 2 heterocycles. The molecular formula is C18H14FNO4. The van der Waals surface area contributed by atoms with Crippen molar-refractivity contribution < 1.29 is 23.1 Å². The van der Waals surface area contributed by atoms with Gasteiger partial charge in [0.05, 0.1) is 12.7 Å². The molecule has 4 rings (SSSR count). The standard InChI is InChI=1S/C18H14FNO4/c19-13-2-4-15-14(7-13)12(9-22-15)6-18(21)20-8-11-1-3-16-17(5-11)24-10-23-16/h1-5,7,9H,6,8,10H2,(H,20,21). The van der Waals surface area contributed by atoms with Crippen molar-refractivity contribution in [2.45, 2.75) is 13.0 Å². The fourth-order valence-corrected chi connectivity index (χ4v) is 2.68. The van der Waals surface area contributed by atoms with Crippen molar-refractivity contribution in [2.24, 2.45) is 0 Å². The van der Waals surface area contributed by atoms with Gasteiger partial charge in [-0.25, -0.2) is 4.39 Å². The summed E-state index contributed by atoms with van der Waals surface area (Å²) in [6.45, 7) is 0.592. The second kappa shape index (κ2) is 5.88. The normalized spacial score (nSPS) is 12.5. The van der Waals surface area contributed by atoms with Gasteiger partial charge in [-0.15, -0.1) is 0 Å². The minimum atomic E-state index is -0.356. The maximum absolute atomic E-state index is 13.3. The summed E-state index contributed by atoms with van der Waals surface area (Å²) in [5, 5.41) is 3.46. The van der Waals surface area contributed by atoms with E-state index in [9.17, 15) is 9.18 Å².